The second kappa shape index (κ2) is 4.80. The van der Waals surface area contributed by atoms with Crippen LogP contribution in [-0.4, -0.2) is 53.8 Å². The van der Waals surface area contributed by atoms with E-state index in [1.807, 2.05) is 0 Å². The molecular formula is C13H16O6. The fraction of sp³-hybridized carbons (Fsp3) is 0.462. The van der Waals surface area contributed by atoms with Crippen LogP contribution >= 0.6 is 0 Å². The molecular weight excluding hydrogens is 252 g/mol. The number of aliphatic hydroxyl groups is 3. The molecule has 0 bridgehead atoms. The first-order valence-electron chi connectivity index (χ1n) is 5.77. The lowest BCUT2D eigenvalue weighted by atomic mass is 9.75. The van der Waals surface area contributed by atoms with Crippen LogP contribution in [0.2, 0.25) is 0 Å². The Balaban J connectivity index is 2.58. The topological polar surface area (TPSA) is 96.2 Å². The van der Waals surface area contributed by atoms with Gasteiger partial charge in [-0.25, -0.2) is 4.79 Å². The number of esters is 1. The molecule has 6 heteroatoms. The van der Waals surface area contributed by atoms with Gasteiger partial charge in [-0.1, -0.05) is 24.3 Å². The normalized spacial score (nSPS) is 37.0. The van der Waals surface area contributed by atoms with E-state index in [1.165, 1.54) is 38.5 Å². The number of hydrogen-bond donors (Lipinski definition) is 3. The highest BCUT2D eigenvalue weighted by molar-refractivity contribution is 5.93. The Morgan fingerprint density at radius 2 is 1.79 bits per heavy atom. The third-order valence-electron chi connectivity index (χ3n) is 3.48. The van der Waals surface area contributed by atoms with Gasteiger partial charge in [0.05, 0.1) is 31.3 Å². The predicted molar refractivity (Wildman–Crippen MR) is 64.8 cm³/mol. The number of methoxy groups -OCH3 is 2. The fourth-order valence-electron chi connectivity index (χ4n) is 2.52. The summed E-state index contributed by atoms with van der Waals surface area (Å²) in [5.74, 6) is -0.719. The molecule has 2 atom stereocenters. The van der Waals surface area contributed by atoms with Crippen LogP contribution in [0.5, 0.6) is 0 Å². The van der Waals surface area contributed by atoms with Crippen LogP contribution in [0.4, 0.5) is 0 Å². The number of carbonyl (C=O) groups excluding carboxylic acids is 1. The molecule has 1 spiro atoms. The Labute approximate surface area is 110 Å². The quantitative estimate of drug-likeness (QED) is 0.451. The van der Waals surface area contributed by atoms with Crippen LogP contribution in [0.1, 0.15) is 0 Å². The van der Waals surface area contributed by atoms with Crippen LogP contribution in [0.15, 0.2) is 35.6 Å². The molecule has 0 aromatic carbocycles. The largest absolute Gasteiger partial charge is 0.498 e. The van der Waals surface area contributed by atoms with Crippen molar-refractivity contribution >= 4 is 5.97 Å². The Morgan fingerprint density at radius 1 is 1.21 bits per heavy atom. The molecule has 19 heavy (non-hydrogen) atoms. The van der Waals surface area contributed by atoms with Crippen LogP contribution in [0, 0.1) is 5.41 Å². The first-order chi connectivity index (χ1) is 8.97. The summed E-state index contributed by atoms with van der Waals surface area (Å²) in [5, 5.41) is 29.6. The Bertz CT molecular complexity index is 462. The molecule has 0 amide bonds. The van der Waals surface area contributed by atoms with Crippen molar-refractivity contribution in [3.8, 4) is 0 Å². The van der Waals surface area contributed by atoms with Gasteiger partial charge in [-0.2, -0.15) is 0 Å². The van der Waals surface area contributed by atoms with Crippen molar-refractivity contribution in [2.75, 3.05) is 14.2 Å². The minimum absolute atomic E-state index is 0.0231. The van der Waals surface area contributed by atoms with Crippen molar-refractivity contribution in [2.24, 2.45) is 5.41 Å². The molecule has 0 fully saturated rings. The number of carbonyl (C=O) groups is 1. The maximum absolute atomic E-state index is 11.9. The first-order valence-corrected chi connectivity index (χ1v) is 5.77. The van der Waals surface area contributed by atoms with Gasteiger partial charge in [0.1, 0.15) is 18.0 Å². The van der Waals surface area contributed by atoms with Crippen LogP contribution in [0.3, 0.4) is 0 Å². The van der Waals surface area contributed by atoms with Crippen molar-refractivity contribution in [2.45, 2.75) is 18.3 Å². The van der Waals surface area contributed by atoms with E-state index in [-0.39, 0.29) is 11.3 Å². The molecule has 6 nitrogen and oxygen atoms in total. The summed E-state index contributed by atoms with van der Waals surface area (Å²) in [5.41, 5.74) is -1.20. The summed E-state index contributed by atoms with van der Waals surface area (Å²) < 4.78 is 9.71. The lowest BCUT2D eigenvalue weighted by molar-refractivity contribution is -0.137. The predicted octanol–water partition coefficient (Wildman–Crippen LogP) is -0.731. The zero-order valence-electron chi connectivity index (χ0n) is 10.6. The lowest BCUT2D eigenvalue weighted by Crippen LogP contribution is -2.39. The van der Waals surface area contributed by atoms with Crippen molar-refractivity contribution in [1.82, 2.24) is 0 Å². The average molecular weight is 268 g/mol. The highest BCUT2D eigenvalue weighted by Crippen LogP contribution is 2.47. The van der Waals surface area contributed by atoms with Gasteiger partial charge in [0.15, 0.2) is 0 Å². The second-order valence-electron chi connectivity index (χ2n) is 4.47. The molecule has 2 rings (SSSR count). The molecule has 0 saturated carbocycles. The molecule has 0 radical (unpaired) electrons. The SMILES string of the molecule is COC(=O)C1=C(OC)C(O)C(O)C12C=CC(O)C=C2. The van der Waals surface area contributed by atoms with Gasteiger partial charge < -0.3 is 24.8 Å². The monoisotopic (exact) mass is 268 g/mol. The van der Waals surface area contributed by atoms with E-state index in [0.717, 1.165) is 0 Å². The number of aliphatic hydroxyl groups excluding tert-OH is 3. The second-order valence-corrected chi connectivity index (χ2v) is 4.47. The van der Waals surface area contributed by atoms with E-state index >= 15 is 0 Å². The fourth-order valence-corrected chi connectivity index (χ4v) is 2.52. The van der Waals surface area contributed by atoms with Crippen LogP contribution in [-0.2, 0) is 14.3 Å². The molecule has 0 aromatic heterocycles. The van der Waals surface area contributed by atoms with Gasteiger partial charge in [0.2, 0.25) is 0 Å². The van der Waals surface area contributed by atoms with E-state index in [9.17, 15) is 20.1 Å². The van der Waals surface area contributed by atoms with Crippen LogP contribution in [0.25, 0.3) is 0 Å². The molecule has 2 unspecified atom stereocenters. The Kier molecular flexibility index (Phi) is 3.49. The standard InChI is InChI=1S/C13H16O6/c1-18-10-8(12(17)19-2)13(11(16)9(10)15)5-3-7(14)4-6-13/h3-7,9,11,14-16H,1-2H3. The maximum Gasteiger partial charge on any atom is 0.338 e. The summed E-state index contributed by atoms with van der Waals surface area (Å²) in [7, 11) is 2.51. The summed E-state index contributed by atoms with van der Waals surface area (Å²) >= 11 is 0. The van der Waals surface area contributed by atoms with Gasteiger partial charge in [-0.3, -0.25) is 0 Å². The van der Waals surface area contributed by atoms with Gasteiger partial charge in [-0.15, -0.1) is 0 Å². The molecule has 2 aliphatic rings. The summed E-state index contributed by atoms with van der Waals surface area (Å²) in [6.45, 7) is 0. The molecule has 0 saturated heterocycles. The maximum atomic E-state index is 11.9. The summed E-state index contributed by atoms with van der Waals surface area (Å²) in [4.78, 5) is 11.9. The smallest absolute Gasteiger partial charge is 0.338 e. The Morgan fingerprint density at radius 3 is 2.26 bits per heavy atom. The number of rotatable bonds is 2. The van der Waals surface area contributed by atoms with Crippen molar-refractivity contribution in [1.29, 1.82) is 0 Å². The van der Waals surface area contributed by atoms with E-state index in [0.29, 0.717) is 0 Å². The summed E-state index contributed by atoms with van der Waals surface area (Å²) in [6, 6.07) is 0. The molecule has 3 N–H and O–H groups in total. The van der Waals surface area contributed by atoms with Crippen LogP contribution < -0.4 is 0 Å². The van der Waals surface area contributed by atoms with Crippen molar-refractivity contribution in [3.05, 3.63) is 35.6 Å². The molecule has 0 aromatic rings. The molecule has 104 valence electrons. The lowest BCUT2D eigenvalue weighted by Gasteiger charge is -2.31. The molecule has 2 aliphatic carbocycles. The number of ether oxygens (including phenoxy) is 2. The third kappa shape index (κ3) is 1.88. The Hall–Kier alpha value is -1.63. The number of hydrogen-bond acceptors (Lipinski definition) is 6. The van der Waals surface area contributed by atoms with E-state index in [1.54, 1.807) is 0 Å². The minimum Gasteiger partial charge on any atom is -0.498 e. The van der Waals surface area contributed by atoms with Gasteiger partial charge in [0, 0.05) is 0 Å². The zero-order valence-corrected chi connectivity index (χ0v) is 10.6. The molecule has 0 heterocycles. The average Bonchev–Trinajstić information content (AvgIpc) is 2.63. The minimum atomic E-state index is -1.33. The third-order valence-corrected chi connectivity index (χ3v) is 3.48. The highest BCUT2D eigenvalue weighted by atomic mass is 16.5. The van der Waals surface area contributed by atoms with Crippen molar-refractivity contribution in [3.63, 3.8) is 0 Å². The summed E-state index contributed by atoms with van der Waals surface area (Å²) in [6.07, 6.45) is 2.41. The zero-order chi connectivity index (χ0) is 14.2. The van der Waals surface area contributed by atoms with Crippen molar-refractivity contribution < 1.29 is 29.6 Å². The molecule has 0 aliphatic heterocycles. The van der Waals surface area contributed by atoms with E-state index < -0.39 is 29.7 Å². The first kappa shape index (κ1) is 13.8. The van der Waals surface area contributed by atoms with E-state index in [4.69, 9.17) is 4.74 Å². The van der Waals surface area contributed by atoms with Gasteiger partial charge in [0.25, 0.3) is 0 Å². The van der Waals surface area contributed by atoms with Gasteiger partial charge >= 0.3 is 5.97 Å². The van der Waals surface area contributed by atoms with Gasteiger partial charge in [-0.05, 0) is 0 Å². The van der Waals surface area contributed by atoms with E-state index in [2.05, 4.69) is 4.74 Å². The highest BCUT2D eigenvalue weighted by Gasteiger charge is 2.55.